The first kappa shape index (κ1) is 12.5. The molecule has 0 spiro atoms. The molecule has 0 unspecified atom stereocenters. The van der Waals surface area contributed by atoms with Crippen LogP contribution in [0.15, 0.2) is 23.6 Å². The quantitative estimate of drug-likeness (QED) is 0.806. The van der Waals surface area contributed by atoms with Gasteiger partial charge in [-0.3, -0.25) is 4.79 Å². The van der Waals surface area contributed by atoms with Crippen LogP contribution >= 0.6 is 11.5 Å². The van der Waals surface area contributed by atoms with Crippen LogP contribution in [0.1, 0.15) is 35.1 Å². The van der Waals surface area contributed by atoms with Gasteiger partial charge >= 0.3 is 0 Å². The molecule has 1 aliphatic rings. The van der Waals surface area contributed by atoms with Gasteiger partial charge in [0.15, 0.2) is 5.69 Å². The zero-order chi connectivity index (χ0) is 14.4. The summed E-state index contributed by atoms with van der Waals surface area (Å²) in [6, 6.07) is 5.78. The van der Waals surface area contributed by atoms with E-state index in [2.05, 4.69) is 19.5 Å². The summed E-state index contributed by atoms with van der Waals surface area (Å²) >= 11 is 1.16. The fraction of sp³-hybridized carbons (Fsp3) is 0.286. The maximum Gasteiger partial charge on any atom is 0.277 e. The van der Waals surface area contributed by atoms with Crippen LogP contribution in [0.2, 0.25) is 0 Å². The van der Waals surface area contributed by atoms with Crippen molar-refractivity contribution in [1.29, 1.82) is 0 Å². The largest absolute Gasteiger partial charge is 0.331 e. The Labute approximate surface area is 125 Å². The normalized spacial score (nSPS) is 14.5. The highest BCUT2D eigenvalue weighted by Gasteiger charge is 2.28. The van der Waals surface area contributed by atoms with Crippen molar-refractivity contribution in [2.45, 2.75) is 18.8 Å². The maximum absolute atomic E-state index is 12.0. The Kier molecular flexibility index (Phi) is 2.75. The third-order valence-corrected chi connectivity index (χ3v) is 4.21. The number of carbonyl (C=O) groups excluding carboxylic acids is 1. The molecule has 0 saturated heterocycles. The summed E-state index contributed by atoms with van der Waals surface area (Å²) in [5.74, 6) is 1.49. The number of carbonyl (C=O) groups is 1. The molecule has 3 aromatic rings. The van der Waals surface area contributed by atoms with Crippen LogP contribution in [0.5, 0.6) is 0 Å². The number of hydrogen-bond acceptors (Lipinski definition) is 5. The van der Waals surface area contributed by atoms with Gasteiger partial charge in [0.1, 0.15) is 5.82 Å². The average molecular weight is 299 g/mol. The highest BCUT2D eigenvalue weighted by Crippen LogP contribution is 2.40. The number of rotatable bonds is 3. The number of benzene rings is 1. The van der Waals surface area contributed by atoms with E-state index in [1.807, 2.05) is 25.2 Å². The van der Waals surface area contributed by atoms with E-state index in [0.717, 1.165) is 34.1 Å². The minimum atomic E-state index is -0.249. The lowest BCUT2D eigenvalue weighted by Crippen LogP contribution is -2.12. The summed E-state index contributed by atoms with van der Waals surface area (Å²) < 4.78 is 5.83. The SMILES string of the molecule is Cn1c(C2CC2)nc2cc(NC(=O)c3csnn3)ccc21. The molecule has 106 valence electrons. The van der Waals surface area contributed by atoms with Gasteiger partial charge < -0.3 is 9.88 Å². The molecule has 1 aromatic carbocycles. The molecule has 0 bridgehead atoms. The molecule has 1 fully saturated rings. The predicted octanol–water partition coefficient (Wildman–Crippen LogP) is 2.55. The fourth-order valence-electron chi connectivity index (χ4n) is 2.46. The van der Waals surface area contributed by atoms with Gasteiger partial charge in [0.25, 0.3) is 5.91 Å². The Balaban J connectivity index is 1.66. The summed E-state index contributed by atoms with van der Waals surface area (Å²) in [6.07, 6.45) is 2.44. The Hall–Kier alpha value is -2.28. The Morgan fingerprint density at radius 2 is 2.29 bits per heavy atom. The second kappa shape index (κ2) is 4.63. The lowest BCUT2D eigenvalue weighted by atomic mass is 10.2. The van der Waals surface area contributed by atoms with Crippen molar-refractivity contribution >= 4 is 34.2 Å². The fourth-order valence-corrected chi connectivity index (χ4v) is 2.90. The number of nitrogens with one attached hydrogen (secondary N) is 1. The summed E-state index contributed by atoms with van der Waals surface area (Å²) in [5.41, 5.74) is 3.06. The average Bonchev–Trinajstić information content (AvgIpc) is 3.06. The van der Waals surface area contributed by atoms with Crippen LogP contribution in [0.25, 0.3) is 11.0 Å². The number of aryl methyl sites for hydroxylation is 1. The zero-order valence-corrected chi connectivity index (χ0v) is 12.2. The number of anilines is 1. The van der Waals surface area contributed by atoms with Crippen LogP contribution in [-0.4, -0.2) is 25.0 Å². The molecule has 4 rings (SSSR count). The van der Waals surface area contributed by atoms with Crippen LogP contribution in [0.4, 0.5) is 5.69 Å². The molecule has 21 heavy (non-hydrogen) atoms. The molecular formula is C14H13N5OS. The number of fused-ring (bicyclic) bond motifs is 1. The van der Waals surface area contributed by atoms with Gasteiger partial charge in [-0.05, 0) is 42.6 Å². The van der Waals surface area contributed by atoms with Gasteiger partial charge in [0, 0.05) is 24.0 Å². The summed E-state index contributed by atoms with van der Waals surface area (Å²) in [5, 5.41) is 8.21. The number of amides is 1. The number of hydrogen-bond donors (Lipinski definition) is 1. The molecule has 7 heteroatoms. The molecular weight excluding hydrogens is 286 g/mol. The predicted molar refractivity (Wildman–Crippen MR) is 80.6 cm³/mol. The molecule has 2 aromatic heterocycles. The van der Waals surface area contributed by atoms with Crippen LogP contribution in [0, 0.1) is 0 Å². The minimum absolute atomic E-state index is 0.249. The second-order valence-corrected chi connectivity index (χ2v) is 5.86. The maximum atomic E-state index is 12.0. The first-order valence-electron chi connectivity index (χ1n) is 6.77. The van der Waals surface area contributed by atoms with Crippen LogP contribution in [0.3, 0.4) is 0 Å². The Morgan fingerprint density at radius 1 is 1.43 bits per heavy atom. The van der Waals surface area contributed by atoms with Crippen molar-refractivity contribution in [2.24, 2.45) is 7.05 Å². The van der Waals surface area contributed by atoms with Gasteiger partial charge in [0.05, 0.1) is 11.0 Å². The van der Waals surface area contributed by atoms with Crippen molar-refractivity contribution in [3.63, 3.8) is 0 Å². The molecule has 1 aliphatic carbocycles. The summed E-state index contributed by atoms with van der Waals surface area (Å²) in [4.78, 5) is 16.7. The molecule has 2 heterocycles. The second-order valence-electron chi connectivity index (χ2n) is 5.25. The molecule has 1 saturated carbocycles. The highest BCUT2D eigenvalue weighted by atomic mass is 32.1. The Morgan fingerprint density at radius 3 is 3.00 bits per heavy atom. The molecule has 0 aliphatic heterocycles. The lowest BCUT2D eigenvalue weighted by Gasteiger charge is -2.03. The summed E-state index contributed by atoms with van der Waals surface area (Å²) in [6.45, 7) is 0. The van der Waals surface area contributed by atoms with E-state index in [4.69, 9.17) is 4.98 Å². The van der Waals surface area contributed by atoms with Crippen molar-refractivity contribution in [3.05, 3.63) is 35.1 Å². The van der Waals surface area contributed by atoms with Crippen molar-refractivity contribution in [3.8, 4) is 0 Å². The van der Waals surface area contributed by atoms with E-state index in [9.17, 15) is 4.79 Å². The summed E-state index contributed by atoms with van der Waals surface area (Å²) in [7, 11) is 2.04. The first-order chi connectivity index (χ1) is 10.2. The molecule has 1 amide bonds. The topological polar surface area (TPSA) is 72.7 Å². The lowest BCUT2D eigenvalue weighted by molar-refractivity contribution is 0.102. The monoisotopic (exact) mass is 299 g/mol. The van der Waals surface area contributed by atoms with Gasteiger partial charge in [-0.25, -0.2) is 4.98 Å². The third-order valence-electron chi connectivity index (χ3n) is 3.71. The molecule has 0 radical (unpaired) electrons. The highest BCUT2D eigenvalue weighted by molar-refractivity contribution is 7.03. The smallest absolute Gasteiger partial charge is 0.277 e. The first-order valence-corrected chi connectivity index (χ1v) is 7.61. The van der Waals surface area contributed by atoms with E-state index in [1.54, 1.807) is 5.38 Å². The van der Waals surface area contributed by atoms with Gasteiger partial charge in [0.2, 0.25) is 0 Å². The van der Waals surface area contributed by atoms with E-state index < -0.39 is 0 Å². The standard InChI is InChI=1S/C14H13N5OS/c1-19-12-5-4-9(15-14(20)11-7-21-18-17-11)6-10(12)16-13(19)8-2-3-8/h4-8H,2-3H2,1H3,(H,15,20). The van der Waals surface area contributed by atoms with Gasteiger partial charge in [-0.1, -0.05) is 4.49 Å². The Bertz CT molecular complexity index is 819. The van der Waals surface area contributed by atoms with E-state index in [1.165, 1.54) is 12.8 Å². The van der Waals surface area contributed by atoms with Gasteiger partial charge in [-0.2, -0.15) is 0 Å². The van der Waals surface area contributed by atoms with Crippen molar-refractivity contribution in [2.75, 3.05) is 5.32 Å². The molecule has 0 atom stereocenters. The van der Waals surface area contributed by atoms with E-state index in [0.29, 0.717) is 11.6 Å². The van der Waals surface area contributed by atoms with Crippen LogP contribution in [-0.2, 0) is 7.05 Å². The van der Waals surface area contributed by atoms with E-state index in [-0.39, 0.29) is 5.91 Å². The zero-order valence-electron chi connectivity index (χ0n) is 11.4. The minimum Gasteiger partial charge on any atom is -0.331 e. The number of nitrogens with zero attached hydrogens (tertiary/aromatic N) is 4. The van der Waals surface area contributed by atoms with Crippen LogP contribution < -0.4 is 5.32 Å². The molecule has 6 nitrogen and oxygen atoms in total. The number of imidazole rings is 1. The number of aromatic nitrogens is 4. The van der Waals surface area contributed by atoms with Gasteiger partial charge in [-0.15, -0.1) is 5.10 Å². The van der Waals surface area contributed by atoms with Crippen molar-refractivity contribution < 1.29 is 4.79 Å². The van der Waals surface area contributed by atoms with E-state index >= 15 is 0 Å². The molecule has 1 N–H and O–H groups in total. The third kappa shape index (κ3) is 2.19. The van der Waals surface area contributed by atoms with Crippen molar-refractivity contribution in [1.82, 2.24) is 19.1 Å².